The minimum atomic E-state index is -0.258. The third kappa shape index (κ3) is 3.96. The third-order valence-electron chi connectivity index (χ3n) is 5.01. The minimum absolute atomic E-state index is 0.163. The molecule has 3 fully saturated rings. The number of pyridine rings is 1. The highest BCUT2D eigenvalue weighted by atomic mass is 19.1. The van der Waals surface area contributed by atoms with Gasteiger partial charge in [0.1, 0.15) is 17.7 Å². The monoisotopic (exact) mass is 358 g/mol. The molecule has 0 unspecified atom stereocenters. The molecule has 1 aromatic heterocycles. The number of nitrogens with one attached hydrogen (secondary N) is 1. The number of nitrogens with zero attached hydrogens (tertiary/aromatic N) is 3. The molecular weight excluding hydrogens is 331 g/mol. The third-order valence-corrected chi connectivity index (χ3v) is 5.01. The Kier molecular flexibility index (Phi) is 6.04. The first-order valence-electron chi connectivity index (χ1n) is 9.40. The molecule has 5 rings (SSSR count). The molecule has 140 valence electrons. The van der Waals surface area contributed by atoms with Gasteiger partial charge in [0, 0.05) is 30.6 Å². The van der Waals surface area contributed by atoms with Gasteiger partial charge in [-0.05, 0) is 44.0 Å². The van der Waals surface area contributed by atoms with Crippen LogP contribution in [0.5, 0.6) is 0 Å². The van der Waals surface area contributed by atoms with Crippen LogP contribution in [0.3, 0.4) is 0 Å². The lowest BCUT2D eigenvalue weighted by molar-refractivity contribution is -0.0146. The van der Waals surface area contributed by atoms with Crippen molar-refractivity contribution >= 4 is 22.6 Å². The van der Waals surface area contributed by atoms with Crippen LogP contribution in [0, 0.1) is 11.7 Å². The van der Waals surface area contributed by atoms with Gasteiger partial charge in [0.25, 0.3) is 6.02 Å². The molecule has 0 amide bonds. The van der Waals surface area contributed by atoms with E-state index in [1.165, 1.54) is 32.0 Å². The topological polar surface area (TPSA) is 49.8 Å². The van der Waals surface area contributed by atoms with E-state index in [1.54, 1.807) is 25.4 Å². The lowest BCUT2D eigenvalue weighted by atomic mass is 9.86. The Bertz CT molecular complexity index is 771. The van der Waals surface area contributed by atoms with Crippen molar-refractivity contribution < 1.29 is 9.13 Å². The van der Waals surface area contributed by atoms with Crippen molar-refractivity contribution in [3.63, 3.8) is 0 Å². The molecule has 3 aliphatic rings. The molecule has 1 aromatic carbocycles. The van der Waals surface area contributed by atoms with E-state index in [0.717, 1.165) is 11.9 Å². The maximum Gasteiger partial charge on any atom is 0.290 e. The Morgan fingerprint density at radius 1 is 1.31 bits per heavy atom. The molecule has 4 heterocycles. The molecule has 5 nitrogen and oxygen atoms in total. The minimum Gasteiger partial charge on any atom is -0.460 e. The fourth-order valence-electron chi connectivity index (χ4n) is 3.64. The summed E-state index contributed by atoms with van der Waals surface area (Å²) in [5, 5.41) is 4.39. The Labute approximate surface area is 154 Å². The average Bonchev–Trinajstić information content (AvgIpc) is 2.70. The summed E-state index contributed by atoms with van der Waals surface area (Å²) in [6.07, 6.45) is 4.18. The Morgan fingerprint density at radius 2 is 2.08 bits per heavy atom. The quantitative estimate of drug-likeness (QED) is 0.653. The maximum absolute atomic E-state index is 13.9. The number of piperidine rings is 3. The standard InChI is InChI=1S/C18H21FN4O.C2H6/c1-20-18(24-16-11-23-7-5-12(16)6-8-23)22-17-9-14-13(10-21-17)3-2-4-15(14)19;1-2/h2-4,9-10,12,16H,5-8,11H2,1H3,(H,20,21,22);1-2H3/t16-;/m0./s1. The number of benzene rings is 1. The first-order chi connectivity index (χ1) is 12.7. The molecule has 6 heteroatoms. The maximum atomic E-state index is 13.9. The van der Waals surface area contributed by atoms with Crippen molar-refractivity contribution in [2.75, 3.05) is 32.0 Å². The van der Waals surface area contributed by atoms with E-state index in [4.69, 9.17) is 4.74 Å². The lowest BCUT2D eigenvalue weighted by Crippen LogP contribution is -2.52. The van der Waals surface area contributed by atoms with E-state index in [0.29, 0.717) is 23.1 Å². The summed E-state index contributed by atoms with van der Waals surface area (Å²) in [7, 11) is 1.69. The first kappa shape index (κ1) is 18.6. The van der Waals surface area contributed by atoms with Crippen molar-refractivity contribution in [1.82, 2.24) is 9.88 Å². The fraction of sp³-hybridized carbons (Fsp3) is 0.500. The van der Waals surface area contributed by atoms with E-state index in [-0.39, 0.29) is 11.9 Å². The summed E-state index contributed by atoms with van der Waals surface area (Å²) in [6, 6.07) is 7.10. The van der Waals surface area contributed by atoms with Crippen molar-refractivity contribution in [3.05, 3.63) is 36.3 Å². The van der Waals surface area contributed by atoms with Crippen LogP contribution in [0.1, 0.15) is 26.7 Å². The molecule has 2 aromatic rings. The van der Waals surface area contributed by atoms with Gasteiger partial charge in [-0.3, -0.25) is 10.2 Å². The number of amidine groups is 1. The lowest BCUT2D eigenvalue weighted by Gasteiger charge is -2.44. The van der Waals surface area contributed by atoms with Crippen LogP contribution in [0.25, 0.3) is 10.8 Å². The second-order valence-electron chi connectivity index (χ2n) is 6.48. The molecule has 1 N–H and O–H groups in total. The van der Waals surface area contributed by atoms with Gasteiger partial charge in [0.05, 0.1) is 0 Å². The highest BCUT2D eigenvalue weighted by Crippen LogP contribution is 2.29. The number of rotatable bonds is 2. The average molecular weight is 358 g/mol. The smallest absolute Gasteiger partial charge is 0.290 e. The van der Waals surface area contributed by atoms with Gasteiger partial charge in [-0.2, -0.15) is 0 Å². The highest BCUT2D eigenvalue weighted by molar-refractivity contribution is 5.91. The highest BCUT2D eigenvalue weighted by Gasteiger charge is 2.36. The zero-order valence-corrected chi connectivity index (χ0v) is 15.7. The number of hydrogen-bond donors (Lipinski definition) is 1. The second-order valence-corrected chi connectivity index (χ2v) is 6.48. The number of ether oxygens (including phenoxy) is 1. The summed E-state index contributed by atoms with van der Waals surface area (Å²) >= 11 is 0. The Morgan fingerprint density at radius 3 is 2.73 bits per heavy atom. The number of anilines is 1. The SMILES string of the molecule is CC.CN=C(Nc1cc2c(F)cccc2cn1)O[C@H]1CN2CCC1CC2. The molecule has 2 bridgehead atoms. The van der Waals surface area contributed by atoms with Crippen LogP contribution in [-0.2, 0) is 4.74 Å². The summed E-state index contributed by atoms with van der Waals surface area (Å²) in [5.41, 5.74) is 0. The largest absolute Gasteiger partial charge is 0.460 e. The fourth-order valence-corrected chi connectivity index (χ4v) is 3.64. The van der Waals surface area contributed by atoms with Crippen LogP contribution in [-0.4, -0.2) is 48.7 Å². The zero-order valence-electron chi connectivity index (χ0n) is 15.7. The van der Waals surface area contributed by atoms with E-state index in [2.05, 4.69) is 20.2 Å². The molecule has 3 saturated heterocycles. The number of fused-ring (bicyclic) bond motifs is 4. The molecule has 1 atom stereocenters. The van der Waals surface area contributed by atoms with Crippen molar-refractivity contribution in [1.29, 1.82) is 0 Å². The van der Waals surface area contributed by atoms with Crippen LogP contribution >= 0.6 is 0 Å². The van der Waals surface area contributed by atoms with E-state index in [9.17, 15) is 4.39 Å². The predicted molar refractivity (Wildman–Crippen MR) is 104 cm³/mol. The summed E-state index contributed by atoms with van der Waals surface area (Å²) in [5.74, 6) is 0.872. The van der Waals surface area contributed by atoms with Crippen LogP contribution in [0.2, 0.25) is 0 Å². The molecule has 0 spiro atoms. The molecule has 26 heavy (non-hydrogen) atoms. The number of hydrogen-bond acceptors (Lipinski definition) is 4. The van der Waals surface area contributed by atoms with E-state index >= 15 is 0 Å². The Balaban J connectivity index is 0.000000948. The Hall–Kier alpha value is -2.21. The van der Waals surface area contributed by atoms with Gasteiger partial charge in [0.15, 0.2) is 0 Å². The number of halogens is 1. The van der Waals surface area contributed by atoms with E-state index in [1.807, 2.05) is 19.9 Å². The van der Waals surface area contributed by atoms with Gasteiger partial charge in [-0.15, -0.1) is 0 Å². The predicted octanol–water partition coefficient (Wildman–Crippen LogP) is 3.91. The normalized spacial score (nSPS) is 24.8. The number of aliphatic imine (C=N–C) groups is 1. The molecule has 0 radical (unpaired) electrons. The molecule has 0 saturated carbocycles. The van der Waals surface area contributed by atoms with Crippen LogP contribution in [0.15, 0.2) is 35.5 Å². The second kappa shape index (κ2) is 8.45. The van der Waals surface area contributed by atoms with Gasteiger partial charge >= 0.3 is 0 Å². The van der Waals surface area contributed by atoms with Gasteiger partial charge in [-0.1, -0.05) is 26.0 Å². The van der Waals surface area contributed by atoms with Crippen molar-refractivity contribution in [2.24, 2.45) is 10.9 Å². The van der Waals surface area contributed by atoms with Crippen LogP contribution in [0.4, 0.5) is 10.2 Å². The van der Waals surface area contributed by atoms with Gasteiger partial charge in [-0.25, -0.2) is 14.4 Å². The van der Waals surface area contributed by atoms with Crippen molar-refractivity contribution in [2.45, 2.75) is 32.8 Å². The zero-order chi connectivity index (χ0) is 18.5. The summed E-state index contributed by atoms with van der Waals surface area (Å²) < 4.78 is 20.0. The summed E-state index contributed by atoms with van der Waals surface area (Å²) in [4.78, 5) is 11.0. The number of aromatic nitrogens is 1. The van der Waals surface area contributed by atoms with Gasteiger partial charge in [0.2, 0.25) is 0 Å². The molecule has 0 aliphatic carbocycles. The van der Waals surface area contributed by atoms with Crippen LogP contribution < -0.4 is 5.32 Å². The summed E-state index contributed by atoms with van der Waals surface area (Å²) in [6.45, 7) is 7.29. The van der Waals surface area contributed by atoms with Crippen molar-refractivity contribution in [3.8, 4) is 0 Å². The van der Waals surface area contributed by atoms with Gasteiger partial charge < -0.3 is 4.74 Å². The van der Waals surface area contributed by atoms with E-state index < -0.39 is 0 Å². The molecule has 3 aliphatic heterocycles. The molecular formula is C20H27FN4O. The first-order valence-corrected chi connectivity index (χ1v) is 9.40.